The standard InChI is InChI=1S/C23H40O.2C2H6.CH4O/c1-14-5-7-18-17(11-14)6-8-20-19(18)9-10-23(4)21(20)12-15(2)22(23)16(3)13-24;3*1-2/h14-22,24H,5-13H2,1-4H3;2*1-2H3;2H,1H3. The smallest absolute Gasteiger partial charge is 0.0459 e. The van der Waals surface area contributed by atoms with Crippen LogP contribution in [0.3, 0.4) is 0 Å². The minimum absolute atomic E-state index is 0.383. The molecule has 0 spiro atoms. The molecule has 0 aliphatic heterocycles. The van der Waals surface area contributed by atoms with Crippen LogP contribution in [0, 0.1) is 58.7 Å². The number of rotatable bonds is 2. The van der Waals surface area contributed by atoms with Crippen LogP contribution in [0.2, 0.25) is 0 Å². The van der Waals surface area contributed by atoms with Crippen molar-refractivity contribution in [2.45, 2.75) is 107 Å². The molecule has 0 aromatic carbocycles. The molecule has 180 valence electrons. The Balaban J connectivity index is 0.000000691. The van der Waals surface area contributed by atoms with E-state index in [1.54, 1.807) is 0 Å². The maximum atomic E-state index is 9.83. The highest BCUT2D eigenvalue weighted by Gasteiger charge is 2.59. The lowest BCUT2D eigenvalue weighted by atomic mass is 9.49. The van der Waals surface area contributed by atoms with E-state index < -0.39 is 0 Å². The Bertz CT molecular complexity index is 464. The topological polar surface area (TPSA) is 40.5 Å². The normalized spacial score (nSPS) is 44.9. The van der Waals surface area contributed by atoms with Crippen LogP contribution in [0.1, 0.15) is 107 Å². The van der Waals surface area contributed by atoms with E-state index in [0.717, 1.165) is 54.5 Å². The second-order valence-corrected chi connectivity index (χ2v) is 10.8. The summed E-state index contributed by atoms with van der Waals surface area (Å²) in [6.45, 7) is 18.3. The average Bonchev–Trinajstić information content (AvgIpc) is 3.07. The molecule has 0 aromatic rings. The van der Waals surface area contributed by atoms with Gasteiger partial charge in [0.1, 0.15) is 0 Å². The summed E-state index contributed by atoms with van der Waals surface area (Å²) in [5, 5.41) is 16.8. The van der Waals surface area contributed by atoms with Crippen LogP contribution < -0.4 is 0 Å². The second kappa shape index (κ2) is 12.8. The highest BCUT2D eigenvalue weighted by atomic mass is 16.3. The molecule has 4 rings (SSSR count). The lowest BCUT2D eigenvalue weighted by molar-refractivity contribution is -0.0764. The fraction of sp³-hybridized carbons (Fsp3) is 1.00. The zero-order valence-corrected chi connectivity index (χ0v) is 22.0. The lowest BCUT2D eigenvalue weighted by Crippen LogP contribution is -2.49. The SMILES string of the molecule is CC.CC.CC1CCC2C(CCC3C2CCC2(C)C3CC(C)C2C(C)CO)C1.CO. The Morgan fingerprint density at radius 3 is 2.03 bits per heavy atom. The maximum absolute atomic E-state index is 9.83. The first-order valence-electron chi connectivity index (χ1n) is 13.5. The van der Waals surface area contributed by atoms with Gasteiger partial charge in [-0.2, -0.15) is 0 Å². The molecule has 0 aromatic heterocycles. The first kappa shape index (κ1) is 28.0. The third-order valence-corrected chi connectivity index (χ3v) is 9.56. The molecule has 4 aliphatic rings. The summed E-state index contributed by atoms with van der Waals surface area (Å²) in [6.07, 6.45) is 12.0. The van der Waals surface area contributed by atoms with Gasteiger partial charge >= 0.3 is 0 Å². The van der Waals surface area contributed by atoms with Crippen molar-refractivity contribution in [3.8, 4) is 0 Å². The fourth-order valence-electron chi connectivity index (χ4n) is 8.82. The molecule has 0 heterocycles. The van der Waals surface area contributed by atoms with Crippen LogP contribution in [-0.2, 0) is 0 Å². The van der Waals surface area contributed by atoms with E-state index in [1.165, 1.54) is 51.4 Å². The van der Waals surface area contributed by atoms with Gasteiger partial charge < -0.3 is 10.2 Å². The van der Waals surface area contributed by atoms with E-state index in [9.17, 15) is 5.11 Å². The number of hydrogen-bond acceptors (Lipinski definition) is 2. The zero-order chi connectivity index (χ0) is 23.1. The molecule has 10 atom stereocenters. The van der Waals surface area contributed by atoms with Gasteiger partial charge in [-0.25, -0.2) is 0 Å². The van der Waals surface area contributed by atoms with Gasteiger partial charge in [0.2, 0.25) is 0 Å². The minimum Gasteiger partial charge on any atom is -0.400 e. The van der Waals surface area contributed by atoms with Gasteiger partial charge in [-0.05, 0) is 104 Å². The van der Waals surface area contributed by atoms with Crippen LogP contribution in [-0.4, -0.2) is 23.9 Å². The van der Waals surface area contributed by atoms with Crippen LogP contribution in [0.5, 0.6) is 0 Å². The van der Waals surface area contributed by atoms with E-state index >= 15 is 0 Å². The Labute approximate surface area is 189 Å². The first-order chi connectivity index (χ1) is 14.5. The van der Waals surface area contributed by atoms with Gasteiger partial charge in [-0.3, -0.25) is 0 Å². The summed E-state index contributed by atoms with van der Waals surface area (Å²) in [5.41, 5.74) is 0.511. The predicted molar refractivity (Wildman–Crippen MR) is 131 cm³/mol. The molecule has 4 fully saturated rings. The predicted octanol–water partition coefficient (Wildman–Crippen LogP) is 7.43. The van der Waals surface area contributed by atoms with Crippen molar-refractivity contribution in [1.29, 1.82) is 0 Å². The molecule has 10 unspecified atom stereocenters. The van der Waals surface area contributed by atoms with Crippen molar-refractivity contribution >= 4 is 0 Å². The van der Waals surface area contributed by atoms with Crippen molar-refractivity contribution in [2.24, 2.45) is 58.7 Å². The van der Waals surface area contributed by atoms with Gasteiger partial charge in [0.25, 0.3) is 0 Å². The van der Waals surface area contributed by atoms with Gasteiger partial charge in [0.05, 0.1) is 0 Å². The highest BCUT2D eigenvalue weighted by Crippen LogP contribution is 2.66. The minimum atomic E-state index is 0.383. The van der Waals surface area contributed by atoms with Crippen LogP contribution in [0.25, 0.3) is 0 Å². The lowest BCUT2D eigenvalue weighted by Gasteiger charge is -2.56. The Kier molecular flexibility index (Phi) is 12.0. The van der Waals surface area contributed by atoms with Crippen molar-refractivity contribution < 1.29 is 10.2 Å². The molecule has 2 nitrogen and oxygen atoms in total. The number of aliphatic hydroxyl groups is 2. The molecular formula is C28H56O2. The van der Waals surface area contributed by atoms with Crippen LogP contribution >= 0.6 is 0 Å². The molecule has 0 radical (unpaired) electrons. The van der Waals surface area contributed by atoms with Gasteiger partial charge in [-0.15, -0.1) is 0 Å². The highest BCUT2D eigenvalue weighted by molar-refractivity contribution is 5.08. The molecule has 2 N–H and O–H groups in total. The van der Waals surface area contributed by atoms with E-state index in [1.807, 2.05) is 27.7 Å². The molecular weight excluding hydrogens is 368 g/mol. The van der Waals surface area contributed by atoms with Crippen molar-refractivity contribution in [1.82, 2.24) is 0 Å². The summed E-state index contributed by atoms with van der Waals surface area (Å²) >= 11 is 0. The van der Waals surface area contributed by atoms with Crippen molar-refractivity contribution in [3.05, 3.63) is 0 Å². The number of fused-ring (bicyclic) bond motifs is 5. The Morgan fingerprint density at radius 1 is 0.833 bits per heavy atom. The summed E-state index contributed by atoms with van der Waals surface area (Å²) < 4.78 is 0. The molecule has 2 heteroatoms. The molecule has 0 amide bonds. The third kappa shape index (κ3) is 5.28. The molecule has 30 heavy (non-hydrogen) atoms. The van der Waals surface area contributed by atoms with E-state index in [0.29, 0.717) is 17.9 Å². The van der Waals surface area contributed by atoms with E-state index in [-0.39, 0.29) is 0 Å². The van der Waals surface area contributed by atoms with Crippen LogP contribution in [0.15, 0.2) is 0 Å². The zero-order valence-electron chi connectivity index (χ0n) is 22.0. The Morgan fingerprint density at radius 2 is 1.43 bits per heavy atom. The van der Waals surface area contributed by atoms with Gasteiger partial charge in [-0.1, -0.05) is 61.8 Å². The van der Waals surface area contributed by atoms with E-state index in [4.69, 9.17) is 5.11 Å². The summed E-state index contributed by atoms with van der Waals surface area (Å²) in [7, 11) is 1.00. The summed E-state index contributed by atoms with van der Waals surface area (Å²) in [5.74, 6) is 8.16. The molecule has 4 aliphatic carbocycles. The average molecular weight is 425 g/mol. The van der Waals surface area contributed by atoms with Crippen molar-refractivity contribution in [3.63, 3.8) is 0 Å². The summed E-state index contributed by atoms with van der Waals surface area (Å²) in [4.78, 5) is 0. The van der Waals surface area contributed by atoms with Gasteiger partial charge in [0.15, 0.2) is 0 Å². The molecule has 0 saturated heterocycles. The monoisotopic (exact) mass is 424 g/mol. The number of hydrogen-bond donors (Lipinski definition) is 2. The first-order valence-corrected chi connectivity index (χ1v) is 13.5. The quantitative estimate of drug-likeness (QED) is 0.484. The third-order valence-electron chi connectivity index (χ3n) is 9.56. The molecule has 4 saturated carbocycles. The van der Waals surface area contributed by atoms with Gasteiger partial charge in [0, 0.05) is 13.7 Å². The largest absolute Gasteiger partial charge is 0.400 e. The Hall–Kier alpha value is -0.0800. The second-order valence-electron chi connectivity index (χ2n) is 10.8. The number of aliphatic hydroxyl groups excluding tert-OH is 2. The van der Waals surface area contributed by atoms with Crippen molar-refractivity contribution in [2.75, 3.05) is 13.7 Å². The molecule has 0 bridgehead atoms. The van der Waals surface area contributed by atoms with E-state index in [2.05, 4.69) is 27.7 Å². The van der Waals surface area contributed by atoms with Crippen LogP contribution in [0.4, 0.5) is 0 Å². The maximum Gasteiger partial charge on any atom is 0.0459 e. The fourth-order valence-corrected chi connectivity index (χ4v) is 8.82. The summed E-state index contributed by atoms with van der Waals surface area (Å²) in [6, 6.07) is 0.